The second kappa shape index (κ2) is 7.67. The van der Waals surface area contributed by atoms with Crippen LogP contribution in [0, 0.1) is 6.92 Å². The van der Waals surface area contributed by atoms with Gasteiger partial charge in [-0.2, -0.15) is 0 Å². The zero-order valence-electron chi connectivity index (χ0n) is 15.5. The number of carbonyl (C=O) groups excluding carboxylic acids is 1. The Morgan fingerprint density at radius 3 is 2.44 bits per heavy atom. The van der Waals surface area contributed by atoms with Crippen molar-refractivity contribution in [2.24, 2.45) is 0 Å². The molecule has 4 rings (SSSR count). The monoisotopic (exact) mass is 357 g/mol. The number of rotatable bonds is 5. The Kier molecular flexibility index (Phi) is 4.93. The fraction of sp³-hybridized carbons (Fsp3) is 0.208. The van der Waals surface area contributed by atoms with E-state index in [1.807, 2.05) is 55.5 Å². The van der Waals surface area contributed by atoms with Crippen LogP contribution in [-0.4, -0.2) is 18.4 Å². The fourth-order valence-corrected chi connectivity index (χ4v) is 3.50. The summed E-state index contributed by atoms with van der Waals surface area (Å²) in [7, 11) is 0. The smallest absolute Gasteiger partial charge is 0.166 e. The maximum atomic E-state index is 12.7. The number of nitrogens with zero attached hydrogens (tertiary/aromatic N) is 1. The van der Waals surface area contributed by atoms with Crippen LogP contribution in [0.1, 0.15) is 27.9 Å². The van der Waals surface area contributed by atoms with Crippen molar-refractivity contribution in [3.8, 4) is 5.75 Å². The molecule has 1 aliphatic heterocycles. The van der Waals surface area contributed by atoms with Crippen LogP contribution in [0.3, 0.4) is 0 Å². The molecule has 3 aromatic rings. The third-order valence-corrected chi connectivity index (χ3v) is 4.93. The van der Waals surface area contributed by atoms with E-state index in [9.17, 15) is 4.79 Å². The molecule has 1 atom stereocenters. The lowest BCUT2D eigenvalue weighted by molar-refractivity contribution is 0.0903. The van der Waals surface area contributed by atoms with Gasteiger partial charge in [0.15, 0.2) is 5.78 Å². The van der Waals surface area contributed by atoms with E-state index in [1.54, 1.807) is 0 Å². The van der Waals surface area contributed by atoms with Crippen LogP contribution in [0.4, 0.5) is 5.69 Å². The van der Waals surface area contributed by atoms with Gasteiger partial charge in [-0.15, -0.1) is 0 Å². The second-order valence-corrected chi connectivity index (χ2v) is 7.07. The van der Waals surface area contributed by atoms with Gasteiger partial charge in [0.1, 0.15) is 11.9 Å². The van der Waals surface area contributed by atoms with Crippen LogP contribution in [0.25, 0.3) is 0 Å². The maximum Gasteiger partial charge on any atom is 0.166 e. The summed E-state index contributed by atoms with van der Waals surface area (Å²) in [6, 6.07) is 26.2. The summed E-state index contributed by atoms with van der Waals surface area (Å²) in [5.74, 6) is 0.973. The van der Waals surface area contributed by atoms with E-state index in [0.717, 1.165) is 29.1 Å². The van der Waals surface area contributed by atoms with Gasteiger partial charge in [-0.05, 0) is 24.6 Å². The molecule has 0 aliphatic carbocycles. The third kappa shape index (κ3) is 4.03. The highest BCUT2D eigenvalue weighted by Gasteiger charge is 2.27. The van der Waals surface area contributed by atoms with Crippen molar-refractivity contribution in [1.82, 2.24) is 0 Å². The summed E-state index contributed by atoms with van der Waals surface area (Å²) in [5, 5.41) is 0. The molecule has 0 fully saturated rings. The van der Waals surface area contributed by atoms with E-state index < -0.39 is 0 Å². The van der Waals surface area contributed by atoms with Crippen LogP contribution in [0.2, 0.25) is 0 Å². The zero-order chi connectivity index (χ0) is 18.6. The molecule has 3 heteroatoms. The van der Waals surface area contributed by atoms with Gasteiger partial charge in [0.25, 0.3) is 0 Å². The summed E-state index contributed by atoms with van der Waals surface area (Å²) >= 11 is 0. The molecular weight excluding hydrogens is 334 g/mol. The first-order chi connectivity index (χ1) is 13.2. The highest BCUT2D eigenvalue weighted by atomic mass is 16.5. The topological polar surface area (TPSA) is 29.5 Å². The Hall–Kier alpha value is -3.07. The summed E-state index contributed by atoms with van der Waals surface area (Å²) in [6.45, 7) is 3.52. The van der Waals surface area contributed by atoms with Crippen LogP contribution in [0.15, 0.2) is 78.9 Å². The fourth-order valence-electron chi connectivity index (χ4n) is 3.50. The van der Waals surface area contributed by atoms with Gasteiger partial charge in [-0.3, -0.25) is 4.79 Å². The number of carbonyl (C=O) groups is 1. The Balaban J connectivity index is 1.53. The number of benzene rings is 3. The van der Waals surface area contributed by atoms with Gasteiger partial charge in [-0.1, -0.05) is 72.3 Å². The lowest BCUT2D eigenvalue weighted by Gasteiger charge is -2.36. The van der Waals surface area contributed by atoms with Gasteiger partial charge in [0.2, 0.25) is 0 Å². The molecule has 0 radical (unpaired) electrons. The predicted octanol–water partition coefficient (Wildman–Crippen LogP) is 5.04. The number of Topliss-reactive ketones (excluding diaryl/α,β-unsaturated/α-hetero) is 1. The van der Waals surface area contributed by atoms with Crippen molar-refractivity contribution >= 4 is 11.5 Å². The average molecular weight is 357 g/mol. The number of ether oxygens (including phenoxy) is 1. The molecule has 1 heterocycles. The lowest BCUT2D eigenvalue weighted by Crippen LogP contribution is -2.40. The van der Waals surface area contributed by atoms with Crippen LogP contribution >= 0.6 is 0 Å². The minimum absolute atomic E-state index is 0.124. The molecule has 0 saturated heterocycles. The third-order valence-electron chi connectivity index (χ3n) is 4.93. The Morgan fingerprint density at radius 1 is 0.963 bits per heavy atom. The van der Waals surface area contributed by atoms with Gasteiger partial charge in [0.05, 0.1) is 12.2 Å². The maximum absolute atomic E-state index is 12.7. The number of hydrogen-bond donors (Lipinski definition) is 0. The highest BCUT2D eigenvalue weighted by Crippen LogP contribution is 2.35. The molecule has 0 saturated carbocycles. The first kappa shape index (κ1) is 17.3. The summed E-state index contributed by atoms with van der Waals surface area (Å²) in [6.07, 6.45) is 0.222. The molecule has 3 aromatic carbocycles. The van der Waals surface area contributed by atoms with Gasteiger partial charge in [-0.25, -0.2) is 0 Å². The van der Waals surface area contributed by atoms with E-state index in [0.29, 0.717) is 13.0 Å². The van der Waals surface area contributed by atoms with Gasteiger partial charge in [0, 0.05) is 18.5 Å². The van der Waals surface area contributed by atoms with E-state index in [1.165, 1.54) is 5.56 Å². The number of fused-ring (bicyclic) bond motifs is 1. The molecule has 3 nitrogen and oxygen atoms in total. The quantitative estimate of drug-likeness (QED) is 0.600. The molecule has 0 spiro atoms. The minimum atomic E-state index is -0.155. The van der Waals surface area contributed by atoms with Crippen LogP contribution in [-0.2, 0) is 6.54 Å². The predicted molar refractivity (Wildman–Crippen MR) is 108 cm³/mol. The summed E-state index contributed by atoms with van der Waals surface area (Å²) < 4.78 is 6.15. The number of para-hydroxylation sites is 2. The molecule has 0 bridgehead atoms. The minimum Gasteiger partial charge on any atom is -0.486 e. The Bertz CT molecular complexity index is 919. The normalized spacial score (nSPS) is 15.7. The highest BCUT2D eigenvalue weighted by molar-refractivity contribution is 5.96. The van der Waals surface area contributed by atoms with Crippen LogP contribution < -0.4 is 9.64 Å². The number of ketones is 1. The Morgan fingerprint density at radius 2 is 1.67 bits per heavy atom. The van der Waals surface area contributed by atoms with E-state index in [4.69, 9.17) is 4.74 Å². The number of aryl methyl sites for hydroxylation is 1. The van der Waals surface area contributed by atoms with E-state index in [-0.39, 0.29) is 11.9 Å². The first-order valence-electron chi connectivity index (χ1n) is 9.33. The van der Waals surface area contributed by atoms with Crippen molar-refractivity contribution in [2.45, 2.75) is 26.0 Å². The summed E-state index contributed by atoms with van der Waals surface area (Å²) in [4.78, 5) is 15.0. The average Bonchev–Trinajstić information content (AvgIpc) is 2.69. The molecule has 0 aromatic heterocycles. The van der Waals surface area contributed by atoms with Crippen molar-refractivity contribution in [3.63, 3.8) is 0 Å². The molecule has 27 heavy (non-hydrogen) atoms. The molecule has 136 valence electrons. The standard InChI is InChI=1S/C24H23NO2/c1-18-11-13-20(14-12-18)23(26)15-21-17-25(16-19-7-3-2-4-8-19)22-9-5-6-10-24(22)27-21/h2-14,21H,15-17H2,1H3/t21-/m0/s1. The van der Waals surface area contributed by atoms with E-state index >= 15 is 0 Å². The largest absolute Gasteiger partial charge is 0.486 e. The first-order valence-corrected chi connectivity index (χ1v) is 9.33. The SMILES string of the molecule is Cc1ccc(C(=O)C[C@H]2CN(Cc3ccccc3)c3ccccc3O2)cc1. The summed E-state index contributed by atoms with van der Waals surface area (Å²) in [5.41, 5.74) is 4.24. The Labute approximate surface area is 160 Å². The van der Waals surface area contributed by atoms with E-state index in [2.05, 4.69) is 35.2 Å². The van der Waals surface area contributed by atoms with Crippen molar-refractivity contribution in [2.75, 3.05) is 11.4 Å². The lowest BCUT2D eigenvalue weighted by atomic mass is 10.0. The number of hydrogen-bond acceptors (Lipinski definition) is 3. The molecule has 0 amide bonds. The van der Waals surface area contributed by atoms with Gasteiger partial charge >= 0.3 is 0 Å². The second-order valence-electron chi connectivity index (χ2n) is 7.07. The molecule has 0 unspecified atom stereocenters. The zero-order valence-corrected chi connectivity index (χ0v) is 15.5. The number of anilines is 1. The van der Waals surface area contributed by atoms with Crippen molar-refractivity contribution in [1.29, 1.82) is 0 Å². The molecule has 0 N–H and O–H groups in total. The molecule has 1 aliphatic rings. The molecular formula is C24H23NO2. The van der Waals surface area contributed by atoms with Gasteiger partial charge < -0.3 is 9.64 Å². The van der Waals surface area contributed by atoms with Crippen molar-refractivity contribution in [3.05, 3.63) is 95.6 Å². The van der Waals surface area contributed by atoms with Crippen molar-refractivity contribution < 1.29 is 9.53 Å². The van der Waals surface area contributed by atoms with Crippen LogP contribution in [0.5, 0.6) is 5.75 Å².